The van der Waals surface area contributed by atoms with Gasteiger partial charge in [0.1, 0.15) is 11.6 Å². The van der Waals surface area contributed by atoms with E-state index < -0.39 is 0 Å². The Morgan fingerprint density at radius 3 is 2.14 bits per heavy atom. The van der Waals surface area contributed by atoms with Crippen LogP contribution >= 0.6 is 0 Å². The summed E-state index contributed by atoms with van der Waals surface area (Å²) in [4.78, 5) is 0. The number of halogens is 2. The van der Waals surface area contributed by atoms with Crippen LogP contribution in [0.25, 0.3) is 22.3 Å². The van der Waals surface area contributed by atoms with E-state index in [0.717, 1.165) is 22.3 Å². The molecule has 0 spiro atoms. The van der Waals surface area contributed by atoms with Gasteiger partial charge < -0.3 is 5.11 Å². The fourth-order valence-electron chi connectivity index (χ4n) is 2.59. The maximum absolute atomic E-state index is 13.5. The van der Waals surface area contributed by atoms with Gasteiger partial charge in [-0.3, -0.25) is 0 Å². The molecule has 0 radical (unpaired) electrons. The third kappa shape index (κ3) is 2.76. The van der Waals surface area contributed by atoms with Crippen molar-refractivity contribution in [3.63, 3.8) is 0 Å². The first kappa shape index (κ1) is 14.4. The maximum atomic E-state index is 13.5. The summed E-state index contributed by atoms with van der Waals surface area (Å²) in [5, 5.41) is 9.61. The van der Waals surface area contributed by atoms with E-state index in [1.807, 2.05) is 24.3 Å². The third-order valence-corrected chi connectivity index (χ3v) is 3.59. The molecule has 3 rings (SSSR count). The molecule has 3 aromatic carbocycles. The Kier molecular flexibility index (Phi) is 3.98. The Labute approximate surface area is 127 Å². The van der Waals surface area contributed by atoms with Crippen LogP contribution in [0, 0.1) is 11.6 Å². The highest BCUT2D eigenvalue weighted by Crippen LogP contribution is 2.35. The minimum Gasteiger partial charge on any atom is -0.392 e. The molecule has 3 heteroatoms. The van der Waals surface area contributed by atoms with Gasteiger partial charge in [-0.2, -0.15) is 0 Å². The van der Waals surface area contributed by atoms with Crippen LogP contribution in [0.5, 0.6) is 0 Å². The summed E-state index contributed by atoms with van der Waals surface area (Å²) in [6.07, 6.45) is 0. The second kappa shape index (κ2) is 6.08. The highest BCUT2D eigenvalue weighted by Gasteiger charge is 2.12. The number of aliphatic hydroxyl groups excluding tert-OH is 1. The topological polar surface area (TPSA) is 20.2 Å². The van der Waals surface area contributed by atoms with Crippen LogP contribution in [0.1, 0.15) is 5.56 Å². The lowest BCUT2D eigenvalue weighted by Crippen LogP contribution is -1.94. The largest absolute Gasteiger partial charge is 0.392 e. The molecular formula is C19H14F2O. The zero-order chi connectivity index (χ0) is 15.5. The molecule has 0 aliphatic rings. The number of rotatable bonds is 3. The minimum absolute atomic E-state index is 0.143. The second-order valence-corrected chi connectivity index (χ2v) is 5.02. The standard InChI is InChI=1S/C19H14F2O/c20-16-9-7-13(8-10-16)19-15(12-22)4-2-6-18(19)14-3-1-5-17(21)11-14/h1-11,22H,12H2. The van der Waals surface area contributed by atoms with Crippen molar-refractivity contribution in [2.75, 3.05) is 0 Å². The van der Waals surface area contributed by atoms with Gasteiger partial charge in [0.15, 0.2) is 0 Å². The van der Waals surface area contributed by atoms with Crippen molar-refractivity contribution in [3.8, 4) is 22.3 Å². The Bertz CT molecular complexity index is 795. The van der Waals surface area contributed by atoms with Crippen molar-refractivity contribution in [2.45, 2.75) is 6.61 Å². The molecule has 110 valence electrons. The van der Waals surface area contributed by atoms with E-state index in [1.165, 1.54) is 24.3 Å². The van der Waals surface area contributed by atoms with Gasteiger partial charge in [0, 0.05) is 0 Å². The molecule has 0 amide bonds. The molecule has 22 heavy (non-hydrogen) atoms. The lowest BCUT2D eigenvalue weighted by Gasteiger charge is -2.14. The summed E-state index contributed by atoms with van der Waals surface area (Å²) in [5.74, 6) is -0.644. The van der Waals surface area contributed by atoms with Crippen molar-refractivity contribution in [2.24, 2.45) is 0 Å². The number of hydrogen-bond acceptors (Lipinski definition) is 1. The molecule has 1 nitrogen and oxygen atoms in total. The summed E-state index contributed by atoms with van der Waals surface area (Å²) in [5.41, 5.74) is 3.81. The van der Waals surface area contributed by atoms with Crippen molar-refractivity contribution in [1.29, 1.82) is 0 Å². The van der Waals surface area contributed by atoms with Crippen LogP contribution in [0.2, 0.25) is 0 Å². The van der Waals surface area contributed by atoms with Gasteiger partial charge in [-0.15, -0.1) is 0 Å². The van der Waals surface area contributed by atoms with E-state index in [0.29, 0.717) is 5.56 Å². The summed E-state index contributed by atoms with van der Waals surface area (Å²) in [7, 11) is 0. The summed E-state index contributed by atoms with van der Waals surface area (Å²) in [6.45, 7) is -0.143. The molecule has 0 unspecified atom stereocenters. The average Bonchev–Trinajstić information content (AvgIpc) is 2.55. The molecule has 0 aromatic heterocycles. The van der Waals surface area contributed by atoms with Crippen LogP contribution in [0.15, 0.2) is 66.7 Å². The predicted molar refractivity (Wildman–Crippen MR) is 83.2 cm³/mol. The number of benzene rings is 3. The fraction of sp³-hybridized carbons (Fsp3) is 0.0526. The quantitative estimate of drug-likeness (QED) is 0.736. The minimum atomic E-state index is -0.322. The Balaban J connectivity index is 2.25. The Hall–Kier alpha value is -2.52. The average molecular weight is 296 g/mol. The van der Waals surface area contributed by atoms with E-state index >= 15 is 0 Å². The lowest BCUT2D eigenvalue weighted by atomic mass is 9.90. The van der Waals surface area contributed by atoms with E-state index in [4.69, 9.17) is 0 Å². The van der Waals surface area contributed by atoms with Crippen molar-refractivity contribution >= 4 is 0 Å². The first-order valence-electron chi connectivity index (χ1n) is 6.93. The molecule has 0 bridgehead atoms. The summed E-state index contributed by atoms with van der Waals surface area (Å²) < 4.78 is 26.7. The molecule has 1 N–H and O–H groups in total. The normalized spacial score (nSPS) is 10.7. The summed E-state index contributed by atoms with van der Waals surface area (Å²) >= 11 is 0. The Morgan fingerprint density at radius 1 is 0.727 bits per heavy atom. The molecule has 0 aliphatic heterocycles. The number of aliphatic hydroxyl groups is 1. The molecular weight excluding hydrogens is 282 g/mol. The molecule has 0 aliphatic carbocycles. The SMILES string of the molecule is OCc1cccc(-c2cccc(F)c2)c1-c1ccc(F)cc1. The zero-order valence-electron chi connectivity index (χ0n) is 11.8. The maximum Gasteiger partial charge on any atom is 0.123 e. The van der Waals surface area contributed by atoms with Crippen molar-refractivity contribution in [1.82, 2.24) is 0 Å². The molecule has 3 aromatic rings. The van der Waals surface area contributed by atoms with E-state index in [2.05, 4.69) is 0 Å². The van der Waals surface area contributed by atoms with Crippen molar-refractivity contribution < 1.29 is 13.9 Å². The highest BCUT2D eigenvalue weighted by molar-refractivity contribution is 5.85. The third-order valence-electron chi connectivity index (χ3n) is 3.59. The van der Waals surface area contributed by atoms with Gasteiger partial charge in [0.2, 0.25) is 0 Å². The van der Waals surface area contributed by atoms with Crippen LogP contribution in [-0.2, 0) is 6.61 Å². The monoisotopic (exact) mass is 296 g/mol. The summed E-state index contributed by atoms with van der Waals surface area (Å²) in [6, 6.07) is 17.8. The smallest absolute Gasteiger partial charge is 0.123 e. The van der Waals surface area contributed by atoms with Crippen LogP contribution in [0.3, 0.4) is 0 Å². The Morgan fingerprint density at radius 2 is 1.45 bits per heavy atom. The van der Waals surface area contributed by atoms with Gasteiger partial charge >= 0.3 is 0 Å². The van der Waals surface area contributed by atoms with Gasteiger partial charge in [-0.05, 0) is 52.1 Å². The van der Waals surface area contributed by atoms with E-state index in [-0.39, 0.29) is 18.2 Å². The molecule has 0 heterocycles. The first-order chi connectivity index (χ1) is 10.7. The number of hydrogen-bond donors (Lipinski definition) is 1. The van der Waals surface area contributed by atoms with E-state index in [1.54, 1.807) is 18.2 Å². The fourth-order valence-corrected chi connectivity index (χ4v) is 2.59. The van der Waals surface area contributed by atoms with Crippen LogP contribution < -0.4 is 0 Å². The van der Waals surface area contributed by atoms with Crippen molar-refractivity contribution in [3.05, 3.63) is 83.9 Å². The second-order valence-electron chi connectivity index (χ2n) is 5.02. The highest BCUT2D eigenvalue weighted by atomic mass is 19.1. The van der Waals surface area contributed by atoms with E-state index in [9.17, 15) is 13.9 Å². The predicted octanol–water partition coefficient (Wildman–Crippen LogP) is 4.79. The lowest BCUT2D eigenvalue weighted by molar-refractivity contribution is 0.282. The molecule has 0 saturated carbocycles. The van der Waals surface area contributed by atoms with Gasteiger partial charge in [-0.25, -0.2) is 8.78 Å². The van der Waals surface area contributed by atoms with Gasteiger partial charge in [0.25, 0.3) is 0 Å². The zero-order valence-corrected chi connectivity index (χ0v) is 11.8. The van der Waals surface area contributed by atoms with Crippen LogP contribution in [-0.4, -0.2) is 5.11 Å². The van der Waals surface area contributed by atoms with Crippen LogP contribution in [0.4, 0.5) is 8.78 Å². The first-order valence-corrected chi connectivity index (χ1v) is 6.93. The van der Waals surface area contributed by atoms with Gasteiger partial charge in [-0.1, -0.05) is 42.5 Å². The molecule has 0 atom stereocenters. The molecule has 0 saturated heterocycles. The molecule has 0 fully saturated rings. The van der Waals surface area contributed by atoms with Gasteiger partial charge in [0.05, 0.1) is 6.61 Å².